The van der Waals surface area contributed by atoms with Crippen LogP contribution >= 0.6 is 27.3 Å². The molecule has 0 radical (unpaired) electrons. The van der Waals surface area contributed by atoms with Crippen LogP contribution < -0.4 is 0 Å². The molecule has 2 aromatic rings. The Morgan fingerprint density at radius 3 is 2.83 bits per heavy atom. The first-order chi connectivity index (χ1) is 11.0. The zero-order valence-electron chi connectivity index (χ0n) is 13.0. The molecule has 1 aliphatic rings. The lowest BCUT2D eigenvalue weighted by Gasteiger charge is -2.25. The Kier molecular flexibility index (Phi) is 4.73. The number of carbonyl (C=O) groups excluding carboxylic acids is 2. The van der Waals surface area contributed by atoms with E-state index in [2.05, 4.69) is 15.9 Å². The van der Waals surface area contributed by atoms with Gasteiger partial charge in [0, 0.05) is 22.1 Å². The number of aromatic nitrogens is 1. The fourth-order valence-corrected chi connectivity index (χ4v) is 4.32. The first kappa shape index (κ1) is 16.5. The third-order valence-corrected chi connectivity index (χ3v) is 5.60. The molecule has 4 nitrogen and oxygen atoms in total. The van der Waals surface area contributed by atoms with E-state index in [4.69, 9.17) is 4.74 Å². The number of hydrogen-bond donors (Lipinski definition) is 0. The lowest BCUT2D eigenvalue weighted by atomic mass is 9.96. The molecule has 0 spiro atoms. The Labute approximate surface area is 147 Å². The van der Waals surface area contributed by atoms with Crippen molar-refractivity contribution in [3.63, 3.8) is 0 Å². The largest absolute Gasteiger partial charge is 0.462 e. The minimum atomic E-state index is -0.275. The number of carbonyl (C=O) groups is 2. The van der Waals surface area contributed by atoms with Crippen molar-refractivity contribution in [1.82, 2.24) is 4.57 Å². The molecule has 0 amide bonds. The number of ether oxygens (including phenoxy) is 1. The van der Waals surface area contributed by atoms with Gasteiger partial charge in [0.2, 0.25) is 5.78 Å². The summed E-state index contributed by atoms with van der Waals surface area (Å²) in [6, 6.07) is 5.55. The summed E-state index contributed by atoms with van der Waals surface area (Å²) in [5.41, 5.74) is 1.54. The molecule has 1 unspecified atom stereocenters. The molecule has 0 fully saturated rings. The van der Waals surface area contributed by atoms with Crippen LogP contribution in [0.15, 0.2) is 28.1 Å². The molecule has 0 aliphatic carbocycles. The van der Waals surface area contributed by atoms with Crippen LogP contribution in [0.25, 0.3) is 0 Å². The molecule has 0 aromatic carbocycles. The second-order valence-electron chi connectivity index (χ2n) is 5.93. The number of rotatable bonds is 4. The van der Waals surface area contributed by atoms with Crippen LogP contribution in [0.4, 0.5) is 0 Å². The number of nitrogens with zero attached hydrogens (tertiary/aromatic N) is 1. The standard InChI is InChI=1S/C17H18BrNO3S/c1-10(2)22-17(21)12-4-3-7-19-13(12)5-6-14(19)16(20)15-8-11(18)9-23-15/h5-6,8-10,12H,3-4,7H2,1-2H3. The summed E-state index contributed by atoms with van der Waals surface area (Å²) in [6.07, 6.45) is 1.51. The number of esters is 1. The molecule has 2 aromatic heterocycles. The summed E-state index contributed by atoms with van der Waals surface area (Å²) >= 11 is 4.80. The van der Waals surface area contributed by atoms with E-state index in [0.717, 1.165) is 29.6 Å². The third-order valence-electron chi connectivity index (χ3n) is 3.91. The van der Waals surface area contributed by atoms with Crippen LogP contribution in [0, 0.1) is 0 Å². The van der Waals surface area contributed by atoms with Gasteiger partial charge in [-0.3, -0.25) is 9.59 Å². The highest BCUT2D eigenvalue weighted by Gasteiger charge is 2.31. The first-order valence-corrected chi connectivity index (χ1v) is 9.33. The number of thiophene rings is 1. The number of halogens is 1. The van der Waals surface area contributed by atoms with E-state index in [1.807, 2.05) is 42.0 Å². The SMILES string of the molecule is CC(C)OC(=O)C1CCCn2c(C(=O)c3cc(Br)cs3)ccc21. The second-order valence-corrected chi connectivity index (χ2v) is 7.76. The van der Waals surface area contributed by atoms with Crippen LogP contribution in [0.2, 0.25) is 0 Å². The van der Waals surface area contributed by atoms with Crippen LogP contribution in [0.1, 0.15) is 53.7 Å². The Balaban J connectivity index is 1.91. The van der Waals surface area contributed by atoms with Crippen LogP contribution in [0.5, 0.6) is 0 Å². The molecular weight excluding hydrogens is 378 g/mol. The highest BCUT2D eigenvalue weighted by molar-refractivity contribution is 9.10. The van der Waals surface area contributed by atoms with Gasteiger partial charge >= 0.3 is 5.97 Å². The van der Waals surface area contributed by atoms with Gasteiger partial charge < -0.3 is 9.30 Å². The lowest BCUT2D eigenvalue weighted by molar-refractivity contribution is -0.149. The maximum atomic E-state index is 12.7. The highest BCUT2D eigenvalue weighted by atomic mass is 79.9. The van der Waals surface area contributed by atoms with Crippen molar-refractivity contribution in [2.45, 2.75) is 45.3 Å². The van der Waals surface area contributed by atoms with E-state index in [-0.39, 0.29) is 23.8 Å². The van der Waals surface area contributed by atoms with E-state index >= 15 is 0 Å². The van der Waals surface area contributed by atoms with Crippen LogP contribution in [-0.2, 0) is 16.1 Å². The lowest BCUT2D eigenvalue weighted by Crippen LogP contribution is -2.26. The fraction of sp³-hybridized carbons (Fsp3) is 0.412. The Bertz CT molecular complexity index is 747. The van der Waals surface area contributed by atoms with Crippen molar-refractivity contribution < 1.29 is 14.3 Å². The Morgan fingerprint density at radius 1 is 1.39 bits per heavy atom. The average Bonchev–Trinajstić information content (AvgIpc) is 3.11. The number of ketones is 1. The maximum Gasteiger partial charge on any atom is 0.315 e. The minimum Gasteiger partial charge on any atom is -0.462 e. The van der Waals surface area contributed by atoms with Gasteiger partial charge in [-0.15, -0.1) is 11.3 Å². The van der Waals surface area contributed by atoms with E-state index in [1.165, 1.54) is 11.3 Å². The number of fused-ring (bicyclic) bond motifs is 1. The summed E-state index contributed by atoms with van der Waals surface area (Å²) in [5.74, 6) is -0.468. The van der Waals surface area contributed by atoms with E-state index in [0.29, 0.717) is 10.6 Å². The van der Waals surface area contributed by atoms with Crippen molar-refractivity contribution in [1.29, 1.82) is 0 Å². The van der Waals surface area contributed by atoms with Gasteiger partial charge in [-0.05, 0) is 60.8 Å². The van der Waals surface area contributed by atoms with Crippen LogP contribution in [0.3, 0.4) is 0 Å². The van der Waals surface area contributed by atoms with Gasteiger partial charge in [0.25, 0.3) is 0 Å². The zero-order valence-corrected chi connectivity index (χ0v) is 15.4. The monoisotopic (exact) mass is 395 g/mol. The Morgan fingerprint density at radius 2 is 2.17 bits per heavy atom. The second kappa shape index (κ2) is 6.61. The molecule has 3 heterocycles. The van der Waals surface area contributed by atoms with Crippen molar-refractivity contribution in [2.24, 2.45) is 0 Å². The van der Waals surface area contributed by atoms with Gasteiger partial charge in [-0.1, -0.05) is 0 Å². The summed E-state index contributed by atoms with van der Waals surface area (Å²) in [5, 5.41) is 1.90. The van der Waals surface area contributed by atoms with E-state index < -0.39 is 0 Å². The average molecular weight is 396 g/mol. The predicted molar refractivity (Wildman–Crippen MR) is 93.1 cm³/mol. The van der Waals surface area contributed by atoms with Crippen molar-refractivity contribution in [3.8, 4) is 0 Å². The first-order valence-electron chi connectivity index (χ1n) is 7.66. The summed E-state index contributed by atoms with van der Waals surface area (Å²) in [6.45, 7) is 4.47. The molecule has 1 atom stereocenters. The topological polar surface area (TPSA) is 48.3 Å². The summed E-state index contributed by atoms with van der Waals surface area (Å²) < 4.78 is 8.25. The van der Waals surface area contributed by atoms with Crippen molar-refractivity contribution in [3.05, 3.63) is 44.3 Å². The van der Waals surface area contributed by atoms with Gasteiger partial charge in [0.1, 0.15) is 0 Å². The normalized spacial score (nSPS) is 17.1. The van der Waals surface area contributed by atoms with Crippen LogP contribution in [-0.4, -0.2) is 22.4 Å². The third kappa shape index (κ3) is 3.28. The van der Waals surface area contributed by atoms with Crippen molar-refractivity contribution in [2.75, 3.05) is 0 Å². The van der Waals surface area contributed by atoms with Crippen molar-refractivity contribution >= 4 is 39.0 Å². The molecule has 0 N–H and O–H groups in total. The number of hydrogen-bond acceptors (Lipinski definition) is 4. The fourth-order valence-electron chi connectivity index (χ4n) is 2.95. The van der Waals surface area contributed by atoms with E-state index in [1.54, 1.807) is 0 Å². The van der Waals surface area contributed by atoms with E-state index in [9.17, 15) is 9.59 Å². The predicted octanol–water partition coefficient (Wildman–Crippen LogP) is 4.37. The highest BCUT2D eigenvalue weighted by Crippen LogP contribution is 2.32. The Hall–Kier alpha value is -1.40. The maximum absolute atomic E-state index is 12.7. The molecule has 6 heteroatoms. The molecule has 23 heavy (non-hydrogen) atoms. The van der Waals surface area contributed by atoms with Gasteiger partial charge in [0.05, 0.1) is 22.6 Å². The van der Waals surface area contributed by atoms with Gasteiger partial charge in [-0.25, -0.2) is 0 Å². The smallest absolute Gasteiger partial charge is 0.315 e. The van der Waals surface area contributed by atoms with Gasteiger partial charge in [0.15, 0.2) is 0 Å². The van der Waals surface area contributed by atoms with Gasteiger partial charge in [-0.2, -0.15) is 0 Å². The molecule has 3 rings (SSSR count). The molecule has 0 bridgehead atoms. The molecule has 1 aliphatic heterocycles. The summed E-state index contributed by atoms with van der Waals surface area (Å²) in [4.78, 5) is 25.7. The zero-order chi connectivity index (χ0) is 16.6. The quantitative estimate of drug-likeness (QED) is 0.570. The molecule has 122 valence electrons. The molecule has 0 saturated heterocycles. The summed E-state index contributed by atoms with van der Waals surface area (Å²) in [7, 11) is 0. The molecular formula is C17H18BrNO3S. The molecule has 0 saturated carbocycles. The minimum absolute atomic E-state index is 0.00447.